The summed E-state index contributed by atoms with van der Waals surface area (Å²) in [6.45, 7) is 16.0. The second kappa shape index (κ2) is 9.06. The van der Waals surface area contributed by atoms with Crippen LogP contribution in [0.15, 0.2) is 47.1 Å². The number of hydrogen-bond acceptors (Lipinski definition) is 5. The van der Waals surface area contributed by atoms with Crippen molar-refractivity contribution < 1.29 is 9.18 Å². The van der Waals surface area contributed by atoms with Gasteiger partial charge in [0.2, 0.25) is 5.91 Å². The molecule has 3 rings (SSSR count). The van der Waals surface area contributed by atoms with Crippen molar-refractivity contribution in [2.24, 2.45) is 4.99 Å². The molecule has 8 heteroatoms. The van der Waals surface area contributed by atoms with Crippen molar-refractivity contribution in [2.45, 2.75) is 59.4 Å². The number of allylic oxidation sites excluding steroid dienone is 3. The van der Waals surface area contributed by atoms with Crippen LogP contribution in [0, 0.1) is 0 Å². The van der Waals surface area contributed by atoms with E-state index in [1.807, 2.05) is 27.9 Å². The van der Waals surface area contributed by atoms with E-state index in [0.717, 1.165) is 22.9 Å². The van der Waals surface area contributed by atoms with Gasteiger partial charge in [-0.2, -0.15) is 9.78 Å². The molecule has 1 aliphatic rings. The van der Waals surface area contributed by atoms with Crippen LogP contribution >= 0.6 is 0 Å². The Morgan fingerprint density at radius 2 is 2.09 bits per heavy atom. The standard InChI is InChI=1S/C24H31FN6O/c1-15(2)17-10-11-27-23-18(17)13-30(22-12-19(24(4,5)6)29-31(22)23)14-21(32)28-20(26-7)9-8-16(3)25/h8-12,15H,7,13-14H2,1-6H3,(H,28,32)/b16-8+,20-9+. The normalized spacial score (nSPS) is 14.3. The summed E-state index contributed by atoms with van der Waals surface area (Å²) in [5.41, 5.74) is 2.99. The lowest BCUT2D eigenvalue weighted by Gasteiger charge is -2.31. The van der Waals surface area contributed by atoms with Crippen molar-refractivity contribution in [1.82, 2.24) is 20.1 Å². The van der Waals surface area contributed by atoms with Crippen molar-refractivity contribution in [3.63, 3.8) is 0 Å². The lowest BCUT2D eigenvalue weighted by atomic mass is 9.92. The molecule has 1 aliphatic heterocycles. The highest BCUT2D eigenvalue weighted by Crippen LogP contribution is 2.36. The van der Waals surface area contributed by atoms with Gasteiger partial charge in [0.1, 0.15) is 11.6 Å². The van der Waals surface area contributed by atoms with Gasteiger partial charge in [-0.1, -0.05) is 34.6 Å². The average Bonchev–Trinajstić information content (AvgIpc) is 3.17. The van der Waals surface area contributed by atoms with E-state index >= 15 is 0 Å². The minimum Gasteiger partial charge on any atom is -0.343 e. The molecule has 2 aromatic heterocycles. The molecule has 170 valence electrons. The SMILES string of the molecule is C=N/C(=C\C=C(/C)F)NC(=O)CN1Cc2c(C(C)C)ccnc2-n2nc(C(C)(C)C)cc21. The van der Waals surface area contributed by atoms with Gasteiger partial charge in [-0.25, -0.2) is 14.4 Å². The van der Waals surface area contributed by atoms with Gasteiger partial charge >= 0.3 is 0 Å². The van der Waals surface area contributed by atoms with Gasteiger partial charge in [0.25, 0.3) is 0 Å². The molecule has 7 nitrogen and oxygen atoms in total. The molecule has 3 heterocycles. The number of aromatic nitrogens is 3. The number of hydrogen-bond donors (Lipinski definition) is 1. The van der Waals surface area contributed by atoms with E-state index in [9.17, 15) is 9.18 Å². The number of rotatable bonds is 6. The van der Waals surface area contributed by atoms with Gasteiger partial charge in [-0.3, -0.25) is 4.79 Å². The summed E-state index contributed by atoms with van der Waals surface area (Å²) in [4.78, 5) is 23.2. The van der Waals surface area contributed by atoms with Crippen LogP contribution in [0.25, 0.3) is 5.82 Å². The molecule has 1 N–H and O–H groups in total. The summed E-state index contributed by atoms with van der Waals surface area (Å²) in [6, 6.07) is 4.03. The predicted octanol–water partition coefficient (Wildman–Crippen LogP) is 4.54. The lowest BCUT2D eigenvalue weighted by molar-refractivity contribution is -0.119. The minimum atomic E-state index is -0.389. The first-order valence-electron chi connectivity index (χ1n) is 10.7. The molecular formula is C24H31FN6O. The van der Waals surface area contributed by atoms with Gasteiger partial charge in [0.05, 0.1) is 18.1 Å². The Hall–Kier alpha value is -3.29. The van der Waals surface area contributed by atoms with Crippen molar-refractivity contribution in [3.8, 4) is 5.82 Å². The zero-order valence-electron chi connectivity index (χ0n) is 19.6. The van der Waals surface area contributed by atoms with Crippen molar-refractivity contribution >= 4 is 18.4 Å². The zero-order valence-corrected chi connectivity index (χ0v) is 19.6. The van der Waals surface area contributed by atoms with Crippen molar-refractivity contribution in [3.05, 3.63) is 59.0 Å². The lowest BCUT2D eigenvalue weighted by Crippen LogP contribution is -2.39. The van der Waals surface area contributed by atoms with Crippen LogP contribution in [0.5, 0.6) is 0 Å². The molecule has 0 bridgehead atoms. The summed E-state index contributed by atoms with van der Waals surface area (Å²) in [5.74, 6) is 1.44. The van der Waals surface area contributed by atoms with E-state index in [-0.39, 0.29) is 29.5 Å². The molecular weight excluding hydrogens is 407 g/mol. The van der Waals surface area contributed by atoms with E-state index in [4.69, 9.17) is 5.10 Å². The zero-order chi connectivity index (χ0) is 23.6. The Morgan fingerprint density at radius 3 is 2.69 bits per heavy atom. The molecule has 2 aromatic rings. The van der Waals surface area contributed by atoms with E-state index in [1.54, 1.807) is 0 Å². The Kier molecular flexibility index (Phi) is 6.62. The van der Waals surface area contributed by atoms with Gasteiger partial charge in [0.15, 0.2) is 5.82 Å². The van der Waals surface area contributed by atoms with Crippen LogP contribution in [0.4, 0.5) is 10.2 Å². The third kappa shape index (κ3) is 4.95. The fourth-order valence-electron chi connectivity index (χ4n) is 3.59. The number of nitrogens with zero attached hydrogens (tertiary/aromatic N) is 5. The van der Waals surface area contributed by atoms with Crippen LogP contribution in [0.3, 0.4) is 0 Å². The highest BCUT2D eigenvalue weighted by atomic mass is 19.1. The maximum absolute atomic E-state index is 13.0. The molecule has 0 saturated carbocycles. The number of aliphatic imine (C=N–C) groups is 1. The number of halogens is 1. The quantitative estimate of drug-likeness (QED) is 0.531. The number of carbonyl (C=O) groups is 1. The van der Waals surface area contributed by atoms with E-state index in [1.165, 1.54) is 24.6 Å². The van der Waals surface area contributed by atoms with Gasteiger partial charge < -0.3 is 10.2 Å². The van der Waals surface area contributed by atoms with E-state index in [2.05, 4.69) is 56.6 Å². The summed E-state index contributed by atoms with van der Waals surface area (Å²) >= 11 is 0. The number of carbonyl (C=O) groups excluding carboxylic acids is 1. The summed E-state index contributed by atoms with van der Waals surface area (Å²) < 4.78 is 14.9. The van der Waals surface area contributed by atoms with Crippen molar-refractivity contribution in [2.75, 3.05) is 11.4 Å². The maximum atomic E-state index is 13.0. The molecule has 1 amide bonds. The average molecular weight is 439 g/mol. The Labute approximate surface area is 188 Å². The first-order chi connectivity index (χ1) is 15.0. The van der Waals surface area contributed by atoms with E-state index < -0.39 is 0 Å². The minimum absolute atomic E-state index is 0.0757. The van der Waals surface area contributed by atoms with E-state index in [0.29, 0.717) is 12.5 Å². The van der Waals surface area contributed by atoms with Gasteiger partial charge in [0, 0.05) is 29.8 Å². The fraction of sp³-hybridized carbons (Fsp3) is 0.417. The maximum Gasteiger partial charge on any atom is 0.245 e. The highest BCUT2D eigenvalue weighted by Gasteiger charge is 2.31. The molecule has 0 aromatic carbocycles. The molecule has 0 fully saturated rings. The molecule has 32 heavy (non-hydrogen) atoms. The third-order valence-electron chi connectivity index (χ3n) is 5.27. The fourth-order valence-corrected chi connectivity index (χ4v) is 3.59. The number of amides is 1. The molecule has 0 spiro atoms. The molecule has 0 radical (unpaired) electrons. The first-order valence-corrected chi connectivity index (χ1v) is 10.7. The molecule has 0 atom stereocenters. The monoisotopic (exact) mass is 438 g/mol. The number of pyridine rings is 1. The molecule has 0 unspecified atom stereocenters. The third-order valence-corrected chi connectivity index (χ3v) is 5.27. The van der Waals surface area contributed by atoms with Gasteiger partial charge in [-0.15, -0.1) is 0 Å². The second-order valence-corrected chi connectivity index (χ2v) is 9.27. The van der Waals surface area contributed by atoms with Crippen LogP contribution in [-0.2, 0) is 16.8 Å². The smallest absolute Gasteiger partial charge is 0.245 e. The van der Waals surface area contributed by atoms with Crippen LogP contribution in [-0.4, -0.2) is 33.9 Å². The first kappa shape index (κ1) is 23.4. The van der Waals surface area contributed by atoms with Crippen LogP contribution in [0.2, 0.25) is 0 Å². The Morgan fingerprint density at radius 1 is 1.38 bits per heavy atom. The van der Waals surface area contributed by atoms with Crippen molar-refractivity contribution in [1.29, 1.82) is 0 Å². The predicted molar refractivity (Wildman–Crippen MR) is 126 cm³/mol. The topological polar surface area (TPSA) is 75.4 Å². The van der Waals surface area contributed by atoms with Gasteiger partial charge in [-0.05, 0) is 43.3 Å². The summed E-state index contributed by atoms with van der Waals surface area (Å²) in [6.07, 6.45) is 4.42. The van der Waals surface area contributed by atoms with Crippen LogP contribution < -0.4 is 10.2 Å². The summed E-state index contributed by atoms with van der Waals surface area (Å²) in [5, 5.41) is 7.53. The van der Waals surface area contributed by atoms with Crippen LogP contribution in [0.1, 0.15) is 64.3 Å². The largest absolute Gasteiger partial charge is 0.343 e. The number of anilines is 1. The summed E-state index contributed by atoms with van der Waals surface area (Å²) in [7, 11) is 0. The number of nitrogens with one attached hydrogen (secondary N) is 1. The second-order valence-electron chi connectivity index (χ2n) is 9.27. The molecule has 0 saturated heterocycles. The Balaban J connectivity index is 1.99. The number of fused-ring (bicyclic) bond motifs is 3. The molecule has 0 aliphatic carbocycles. The highest BCUT2D eigenvalue weighted by molar-refractivity contribution is 5.83. The Bertz CT molecular complexity index is 1090.